The number of furan rings is 1. The number of anilines is 2. The van der Waals surface area contributed by atoms with Crippen LogP contribution in [0.3, 0.4) is 0 Å². The third-order valence-corrected chi connectivity index (χ3v) is 5.90. The second-order valence-electron chi connectivity index (χ2n) is 8.02. The molecule has 34 heavy (non-hydrogen) atoms. The molecule has 1 N–H and O–H groups in total. The minimum absolute atomic E-state index is 0.167. The largest absolute Gasteiger partial charge is 0.459 e. The third kappa shape index (κ3) is 4.03. The number of aryl methyl sites for hydroxylation is 1. The highest BCUT2D eigenvalue weighted by Crippen LogP contribution is 2.31. The number of carbonyl (C=O) groups excluding carboxylic acids is 1. The quantitative estimate of drug-likeness (QED) is 0.472. The highest BCUT2D eigenvalue weighted by molar-refractivity contribution is 5.92. The first kappa shape index (κ1) is 21.5. The third-order valence-electron chi connectivity index (χ3n) is 5.90. The summed E-state index contributed by atoms with van der Waals surface area (Å²) < 4.78 is 27.4. The molecule has 9 nitrogen and oxygen atoms in total. The molecule has 1 aromatic carbocycles. The fourth-order valence-electron chi connectivity index (χ4n) is 4.11. The molecule has 1 fully saturated rings. The number of hydrogen-bond donors (Lipinski definition) is 1. The summed E-state index contributed by atoms with van der Waals surface area (Å²) >= 11 is 0. The molecule has 0 saturated carbocycles. The van der Waals surface area contributed by atoms with Gasteiger partial charge in [-0.25, -0.2) is 9.37 Å². The van der Waals surface area contributed by atoms with Crippen LogP contribution in [0.2, 0.25) is 0 Å². The number of aromatic nitrogens is 3. The van der Waals surface area contributed by atoms with Crippen molar-refractivity contribution in [2.24, 2.45) is 5.92 Å². The van der Waals surface area contributed by atoms with Gasteiger partial charge in [-0.1, -0.05) is 0 Å². The predicted molar refractivity (Wildman–Crippen MR) is 121 cm³/mol. The van der Waals surface area contributed by atoms with Crippen LogP contribution in [0.25, 0.3) is 17.3 Å². The van der Waals surface area contributed by atoms with Crippen molar-refractivity contribution >= 4 is 17.5 Å². The summed E-state index contributed by atoms with van der Waals surface area (Å²) in [4.78, 5) is 23.0. The van der Waals surface area contributed by atoms with Crippen LogP contribution in [0.15, 0.2) is 57.8 Å². The van der Waals surface area contributed by atoms with E-state index < -0.39 is 5.82 Å². The van der Waals surface area contributed by atoms with Gasteiger partial charge in [-0.3, -0.25) is 4.79 Å². The van der Waals surface area contributed by atoms with E-state index in [0.717, 1.165) is 0 Å². The zero-order valence-corrected chi connectivity index (χ0v) is 18.4. The van der Waals surface area contributed by atoms with Crippen molar-refractivity contribution in [1.82, 2.24) is 14.5 Å². The Bertz CT molecular complexity index is 1360. The standard InChI is InChI=1S/C24H21FN6O3/c1-15-27-8-11-31(15)20-5-4-17(13-18(20)25)28-22(32)16-6-9-30(10-7-16)24-19(14-26)29-23(34-24)21-3-2-12-33-21/h2-5,8,11-13,16H,6-7,9-10H2,1H3,(H,28,32). The second kappa shape index (κ2) is 8.86. The van der Waals surface area contributed by atoms with Crippen LogP contribution in [-0.4, -0.2) is 33.5 Å². The Labute approximate surface area is 194 Å². The fraction of sp³-hybridized carbons (Fsp3) is 0.250. The molecule has 0 aliphatic carbocycles. The van der Waals surface area contributed by atoms with Crippen LogP contribution in [-0.2, 0) is 4.79 Å². The number of nitrogens with zero attached hydrogens (tertiary/aromatic N) is 5. The van der Waals surface area contributed by atoms with E-state index in [9.17, 15) is 14.4 Å². The Morgan fingerprint density at radius 3 is 2.76 bits per heavy atom. The zero-order valence-electron chi connectivity index (χ0n) is 18.4. The van der Waals surface area contributed by atoms with E-state index in [-0.39, 0.29) is 23.4 Å². The van der Waals surface area contributed by atoms with E-state index in [2.05, 4.69) is 21.4 Å². The van der Waals surface area contributed by atoms with Gasteiger partial charge in [0.15, 0.2) is 5.76 Å². The monoisotopic (exact) mass is 460 g/mol. The number of benzene rings is 1. The maximum Gasteiger partial charge on any atom is 0.266 e. The predicted octanol–water partition coefficient (Wildman–Crippen LogP) is 4.29. The van der Waals surface area contributed by atoms with Gasteiger partial charge in [0.05, 0.1) is 12.0 Å². The molecular formula is C24H21FN6O3. The van der Waals surface area contributed by atoms with Crippen molar-refractivity contribution in [2.75, 3.05) is 23.3 Å². The van der Waals surface area contributed by atoms with Crippen molar-refractivity contribution in [3.8, 4) is 23.4 Å². The highest BCUT2D eigenvalue weighted by atomic mass is 19.1. The molecule has 5 rings (SSSR count). The lowest BCUT2D eigenvalue weighted by Gasteiger charge is -2.31. The molecule has 1 aliphatic rings. The van der Waals surface area contributed by atoms with Gasteiger partial charge in [0.1, 0.15) is 17.7 Å². The van der Waals surface area contributed by atoms with Gasteiger partial charge in [0.25, 0.3) is 5.89 Å². The van der Waals surface area contributed by atoms with Crippen LogP contribution in [0.4, 0.5) is 16.0 Å². The van der Waals surface area contributed by atoms with Crippen LogP contribution >= 0.6 is 0 Å². The average molecular weight is 460 g/mol. The number of nitrogens with one attached hydrogen (secondary N) is 1. The number of carbonyl (C=O) groups is 1. The number of imidazole rings is 1. The van der Waals surface area contributed by atoms with E-state index in [4.69, 9.17) is 8.83 Å². The Morgan fingerprint density at radius 1 is 1.29 bits per heavy atom. The molecule has 0 spiro atoms. The molecule has 4 heterocycles. The summed E-state index contributed by atoms with van der Waals surface area (Å²) in [6.45, 7) is 2.83. The van der Waals surface area contributed by atoms with Crippen LogP contribution < -0.4 is 10.2 Å². The Kier molecular flexibility index (Phi) is 5.59. The lowest BCUT2D eigenvalue weighted by Crippen LogP contribution is -2.38. The normalized spacial score (nSPS) is 14.2. The van der Waals surface area contributed by atoms with Crippen molar-refractivity contribution in [3.05, 3.63) is 66.3 Å². The number of piperidine rings is 1. The van der Waals surface area contributed by atoms with Crippen LogP contribution in [0.5, 0.6) is 0 Å². The molecule has 0 unspecified atom stereocenters. The Hall–Kier alpha value is -4.39. The molecule has 1 amide bonds. The molecule has 172 valence electrons. The van der Waals surface area contributed by atoms with Crippen molar-refractivity contribution < 1.29 is 18.0 Å². The summed E-state index contributed by atoms with van der Waals surface area (Å²) in [5.41, 5.74) is 0.949. The maximum atomic E-state index is 14.6. The summed E-state index contributed by atoms with van der Waals surface area (Å²) in [5, 5.41) is 12.3. The minimum atomic E-state index is -0.449. The van der Waals surface area contributed by atoms with Crippen LogP contribution in [0, 0.1) is 30.0 Å². The zero-order chi connectivity index (χ0) is 23.7. The molecule has 0 bridgehead atoms. The van der Waals surface area contributed by atoms with E-state index in [0.29, 0.717) is 54.8 Å². The number of oxazole rings is 1. The summed E-state index contributed by atoms with van der Waals surface area (Å²) in [6.07, 6.45) is 5.91. The number of hydrogen-bond acceptors (Lipinski definition) is 7. The first-order valence-electron chi connectivity index (χ1n) is 10.8. The first-order valence-corrected chi connectivity index (χ1v) is 10.8. The SMILES string of the molecule is Cc1nccn1-c1ccc(NC(=O)C2CCN(c3oc(-c4ccco4)nc3C#N)CC2)cc1F. The molecule has 4 aromatic rings. The first-order chi connectivity index (χ1) is 16.5. The van der Waals surface area contributed by atoms with Gasteiger partial charge in [-0.15, -0.1) is 0 Å². The fourth-order valence-corrected chi connectivity index (χ4v) is 4.11. The molecule has 1 aliphatic heterocycles. The molecule has 10 heteroatoms. The van der Waals surface area contributed by atoms with Gasteiger partial charge >= 0.3 is 0 Å². The molecule has 0 radical (unpaired) electrons. The molecule has 1 saturated heterocycles. The van der Waals surface area contributed by atoms with Gasteiger partial charge in [-0.05, 0) is 50.1 Å². The average Bonchev–Trinajstić information content (AvgIpc) is 3.60. The van der Waals surface area contributed by atoms with E-state index >= 15 is 0 Å². The smallest absolute Gasteiger partial charge is 0.266 e. The number of halogens is 1. The van der Waals surface area contributed by atoms with E-state index in [1.807, 2.05) is 4.90 Å². The van der Waals surface area contributed by atoms with Crippen molar-refractivity contribution in [1.29, 1.82) is 5.26 Å². The van der Waals surface area contributed by atoms with Crippen molar-refractivity contribution in [2.45, 2.75) is 19.8 Å². The van der Waals surface area contributed by atoms with Crippen molar-refractivity contribution in [3.63, 3.8) is 0 Å². The minimum Gasteiger partial charge on any atom is -0.459 e. The summed E-state index contributed by atoms with van der Waals surface area (Å²) in [5.74, 6) is 0.875. The van der Waals surface area contributed by atoms with Gasteiger partial charge in [0, 0.05) is 37.1 Å². The van der Waals surface area contributed by atoms with Crippen LogP contribution in [0.1, 0.15) is 24.4 Å². The van der Waals surface area contributed by atoms with Gasteiger partial charge in [0.2, 0.25) is 17.5 Å². The van der Waals surface area contributed by atoms with Gasteiger partial charge in [-0.2, -0.15) is 10.2 Å². The highest BCUT2D eigenvalue weighted by Gasteiger charge is 2.29. The summed E-state index contributed by atoms with van der Waals surface area (Å²) in [7, 11) is 0. The molecule has 3 aromatic heterocycles. The number of rotatable bonds is 5. The number of amides is 1. The Balaban J connectivity index is 1.23. The topological polar surface area (TPSA) is 113 Å². The lowest BCUT2D eigenvalue weighted by atomic mass is 9.96. The molecule has 0 atom stereocenters. The Morgan fingerprint density at radius 2 is 2.12 bits per heavy atom. The van der Waals surface area contributed by atoms with Gasteiger partial charge < -0.3 is 23.6 Å². The number of nitriles is 1. The van der Waals surface area contributed by atoms with E-state index in [1.165, 1.54) is 12.3 Å². The lowest BCUT2D eigenvalue weighted by molar-refractivity contribution is -0.120. The van der Waals surface area contributed by atoms with E-state index in [1.54, 1.807) is 48.1 Å². The molecular weight excluding hydrogens is 439 g/mol. The maximum absolute atomic E-state index is 14.6. The summed E-state index contributed by atoms with van der Waals surface area (Å²) in [6, 6.07) is 10.1. The second-order valence-corrected chi connectivity index (χ2v) is 8.02.